The lowest BCUT2D eigenvalue weighted by atomic mass is 9.98. The number of unbranched alkanes of at least 4 members (excludes halogenated alkanes) is 26. The van der Waals surface area contributed by atoms with Gasteiger partial charge in [-0.25, -0.2) is 0 Å². The Morgan fingerprint density at radius 1 is 0.458 bits per heavy atom. The number of allylic oxidation sites excluding steroid dienone is 2. The molecule has 0 aromatic rings. The first-order chi connectivity index (χ1) is 23.5. The Hall–Kier alpha value is -1.32. The zero-order valence-electron chi connectivity index (χ0n) is 33.2. The lowest BCUT2D eigenvalue weighted by Crippen LogP contribution is -2.38. The fraction of sp³-hybridized carbons (Fsp3) is 0.909. The van der Waals surface area contributed by atoms with Crippen LogP contribution in [0.25, 0.3) is 0 Å². The second-order valence-corrected chi connectivity index (χ2v) is 15.3. The van der Waals surface area contributed by atoms with Crippen molar-refractivity contribution in [1.82, 2.24) is 10.6 Å². The normalized spacial score (nSPS) is 12.3. The van der Waals surface area contributed by atoms with E-state index in [1.54, 1.807) is 0 Å². The van der Waals surface area contributed by atoms with Crippen LogP contribution in [0.1, 0.15) is 240 Å². The summed E-state index contributed by atoms with van der Waals surface area (Å²) in [6.45, 7) is 9.72. The van der Waals surface area contributed by atoms with E-state index in [1.807, 2.05) is 0 Å². The van der Waals surface area contributed by atoms with Gasteiger partial charge in [0.05, 0.1) is 0 Å². The van der Waals surface area contributed by atoms with Crippen LogP contribution in [0.5, 0.6) is 0 Å². The van der Waals surface area contributed by atoms with Crippen LogP contribution < -0.4 is 10.6 Å². The lowest BCUT2D eigenvalue weighted by molar-refractivity contribution is -0.122. The fourth-order valence-corrected chi connectivity index (χ4v) is 6.67. The predicted molar refractivity (Wildman–Crippen MR) is 213 cm³/mol. The van der Waals surface area contributed by atoms with Gasteiger partial charge in [0.15, 0.2) is 0 Å². The first-order valence-electron chi connectivity index (χ1n) is 21.7. The number of hydrogen-bond acceptors (Lipinski definition) is 2. The van der Waals surface area contributed by atoms with Crippen LogP contribution in [-0.4, -0.2) is 24.4 Å². The number of amides is 2. The minimum atomic E-state index is 0.207. The van der Waals surface area contributed by atoms with Gasteiger partial charge in [0.1, 0.15) is 0 Å². The lowest BCUT2D eigenvalue weighted by Gasteiger charge is -2.22. The molecule has 0 aliphatic heterocycles. The van der Waals surface area contributed by atoms with E-state index >= 15 is 0 Å². The topological polar surface area (TPSA) is 58.2 Å². The first-order valence-corrected chi connectivity index (χ1v) is 21.7. The van der Waals surface area contributed by atoms with E-state index in [4.69, 9.17) is 0 Å². The maximum Gasteiger partial charge on any atom is 0.220 e. The Kier molecular flexibility index (Phi) is 37.4. The summed E-state index contributed by atoms with van der Waals surface area (Å²) in [6, 6.07) is 0.233. The molecule has 1 atom stereocenters. The molecule has 0 bridgehead atoms. The quantitative estimate of drug-likeness (QED) is 0.0506. The fourth-order valence-electron chi connectivity index (χ4n) is 6.67. The van der Waals surface area contributed by atoms with Gasteiger partial charge in [-0.2, -0.15) is 0 Å². The van der Waals surface area contributed by atoms with Crippen LogP contribution in [0.2, 0.25) is 0 Å². The molecule has 4 nitrogen and oxygen atoms in total. The Balaban J connectivity index is 3.60. The van der Waals surface area contributed by atoms with Crippen molar-refractivity contribution in [2.75, 3.05) is 6.54 Å². The van der Waals surface area contributed by atoms with Crippen molar-refractivity contribution in [2.24, 2.45) is 5.92 Å². The summed E-state index contributed by atoms with van der Waals surface area (Å²) >= 11 is 0. The molecule has 0 unspecified atom stereocenters. The number of rotatable bonds is 38. The third kappa shape index (κ3) is 36.0. The number of carbonyl (C=O) groups is 2. The molecule has 0 radical (unpaired) electrons. The molecule has 48 heavy (non-hydrogen) atoms. The molecule has 0 rings (SSSR count). The largest absolute Gasteiger partial charge is 0.356 e. The molecule has 0 aliphatic carbocycles. The van der Waals surface area contributed by atoms with Crippen LogP contribution in [-0.2, 0) is 9.59 Å². The Morgan fingerprint density at radius 2 is 0.833 bits per heavy atom. The molecule has 0 heterocycles. The highest BCUT2D eigenvalue weighted by atomic mass is 16.2. The van der Waals surface area contributed by atoms with Crippen molar-refractivity contribution >= 4 is 11.8 Å². The molecule has 0 aromatic heterocycles. The summed E-state index contributed by atoms with van der Waals surface area (Å²) in [5, 5.41) is 6.42. The van der Waals surface area contributed by atoms with Crippen LogP contribution in [0.15, 0.2) is 12.2 Å². The van der Waals surface area contributed by atoms with Crippen molar-refractivity contribution in [3.05, 3.63) is 12.2 Å². The molecule has 0 spiro atoms. The first kappa shape index (κ1) is 46.7. The average Bonchev–Trinajstić information content (AvgIpc) is 3.07. The summed E-state index contributed by atoms with van der Waals surface area (Å²) in [5.41, 5.74) is 0. The smallest absolute Gasteiger partial charge is 0.220 e. The highest BCUT2D eigenvalue weighted by Crippen LogP contribution is 2.15. The van der Waals surface area contributed by atoms with Crippen molar-refractivity contribution in [3.63, 3.8) is 0 Å². The van der Waals surface area contributed by atoms with Gasteiger partial charge in [0.2, 0.25) is 11.8 Å². The number of nitrogens with one attached hydrogen (secondary N) is 2. The highest BCUT2D eigenvalue weighted by Gasteiger charge is 2.15. The van der Waals surface area contributed by atoms with E-state index < -0.39 is 0 Å². The Labute approximate surface area is 301 Å². The molecule has 2 amide bonds. The van der Waals surface area contributed by atoms with Crippen LogP contribution >= 0.6 is 0 Å². The summed E-state index contributed by atoms with van der Waals surface area (Å²) < 4.78 is 0. The molecule has 0 fully saturated rings. The van der Waals surface area contributed by atoms with Crippen LogP contribution in [0, 0.1) is 5.92 Å². The maximum absolute atomic E-state index is 12.6. The van der Waals surface area contributed by atoms with Gasteiger partial charge in [0.25, 0.3) is 0 Å². The zero-order chi connectivity index (χ0) is 35.2. The Morgan fingerprint density at radius 3 is 1.25 bits per heavy atom. The van der Waals surface area contributed by atoms with Gasteiger partial charge in [-0.3, -0.25) is 9.59 Å². The number of hydrogen-bond donors (Lipinski definition) is 2. The summed E-state index contributed by atoms with van der Waals surface area (Å²) in [7, 11) is 0. The molecule has 284 valence electrons. The van der Waals surface area contributed by atoms with E-state index in [0.29, 0.717) is 18.8 Å². The van der Waals surface area contributed by atoms with Gasteiger partial charge in [-0.05, 0) is 63.7 Å². The third-order valence-corrected chi connectivity index (χ3v) is 10.1. The van der Waals surface area contributed by atoms with E-state index in [2.05, 4.69) is 50.5 Å². The second kappa shape index (κ2) is 38.5. The summed E-state index contributed by atoms with van der Waals surface area (Å²) in [4.78, 5) is 24.8. The van der Waals surface area contributed by atoms with Crippen molar-refractivity contribution < 1.29 is 9.59 Å². The molecule has 0 aromatic carbocycles. The molecule has 0 aliphatic rings. The third-order valence-electron chi connectivity index (χ3n) is 10.1. The van der Waals surface area contributed by atoms with E-state index in [-0.39, 0.29) is 17.9 Å². The average molecular weight is 675 g/mol. The van der Waals surface area contributed by atoms with Gasteiger partial charge < -0.3 is 10.6 Å². The standard InChI is InChI=1S/C44H86N2O2/c1-5-7-9-11-13-15-17-19-21-23-25-27-29-31-33-38-43(47)45-40-36-35-37-42(41(3)4)46-44(48)39-34-32-30-28-26-24-22-20-18-16-14-12-10-8-6-2/h20,22,41-42H,5-19,21,23-40H2,1-4H3,(H,45,47)(H,46,48)/b22-20-/t42-/m0/s1. The van der Waals surface area contributed by atoms with Gasteiger partial charge in [-0.1, -0.05) is 181 Å². The molecule has 0 saturated carbocycles. The monoisotopic (exact) mass is 675 g/mol. The maximum atomic E-state index is 12.6. The summed E-state index contributed by atoms with van der Waals surface area (Å²) in [5.74, 6) is 0.851. The van der Waals surface area contributed by atoms with E-state index in [0.717, 1.165) is 45.1 Å². The van der Waals surface area contributed by atoms with E-state index in [1.165, 1.54) is 161 Å². The van der Waals surface area contributed by atoms with Gasteiger partial charge in [0, 0.05) is 25.4 Å². The highest BCUT2D eigenvalue weighted by molar-refractivity contribution is 5.76. The van der Waals surface area contributed by atoms with Crippen molar-refractivity contribution in [1.29, 1.82) is 0 Å². The van der Waals surface area contributed by atoms with Gasteiger partial charge in [-0.15, -0.1) is 0 Å². The van der Waals surface area contributed by atoms with Crippen LogP contribution in [0.3, 0.4) is 0 Å². The minimum absolute atomic E-state index is 0.207. The minimum Gasteiger partial charge on any atom is -0.356 e. The van der Waals surface area contributed by atoms with E-state index in [9.17, 15) is 9.59 Å². The van der Waals surface area contributed by atoms with Crippen molar-refractivity contribution in [3.8, 4) is 0 Å². The second-order valence-electron chi connectivity index (χ2n) is 15.3. The molecule has 4 heteroatoms. The molecule has 0 saturated heterocycles. The molecule has 2 N–H and O–H groups in total. The number of carbonyl (C=O) groups excluding carboxylic acids is 2. The zero-order valence-corrected chi connectivity index (χ0v) is 33.2. The predicted octanol–water partition coefficient (Wildman–Crippen LogP) is 13.7. The van der Waals surface area contributed by atoms with Crippen molar-refractivity contribution in [2.45, 2.75) is 246 Å². The molecular weight excluding hydrogens is 588 g/mol. The SMILES string of the molecule is CCCCCCCC/C=C\CCCCCCCC(=O)N[C@@H](CCCCNC(=O)CCCCCCCCCCCCCCCCC)C(C)C. The summed E-state index contributed by atoms with van der Waals surface area (Å²) in [6.07, 6.45) is 46.0. The van der Waals surface area contributed by atoms with Gasteiger partial charge >= 0.3 is 0 Å². The van der Waals surface area contributed by atoms with Crippen LogP contribution in [0.4, 0.5) is 0 Å². The Bertz CT molecular complexity index is 704. The molecular formula is C44H86N2O2.